The predicted octanol–water partition coefficient (Wildman–Crippen LogP) is 1.16. The number of rotatable bonds is 6. The Bertz CT molecular complexity index is 562. The van der Waals surface area contributed by atoms with E-state index in [1.54, 1.807) is 31.4 Å². The topological polar surface area (TPSA) is 73.9 Å². The van der Waals surface area contributed by atoms with Crippen molar-refractivity contribution >= 4 is 11.9 Å². The average Bonchev–Trinajstić information content (AvgIpc) is 2.90. The summed E-state index contributed by atoms with van der Waals surface area (Å²) in [5.41, 5.74) is 0.569. The summed E-state index contributed by atoms with van der Waals surface area (Å²) in [7, 11) is 1.59. The number of nitrogens with one attached hydrogen (secondary N) is 2. The number of benzene rings is 1. The normalized spacial score (nSPS) is 15.4. The molecule has 1 heterocycles. The Balaban J connectivity index is 1.67. The van der Waals surface area contributed by atoms with Crippen LogP contribution >= 0.6 is 0 Å². The van der Waals surface area contributed by atoms with Gasteiger partial charge in [-0.3, -0.25) is 4.79 Å². The van der Waals surface area contributed by atoms with Gasteiger partial charge in [0.15, 0.2) is 0 Å². The first kappa shape index (κ1) is 19.1. The molecule has 2 rings (SSSR count). The van der Waals surface area contributed by atoms with Gasteiger partial charge in [-0.05, 0) is 43.8 Å². The Morgan fingerprint density at radius 1 is 1.04 bits per heavy atom. The van der Waals surface area contributed by atoms with Crippen molar-refractivity contribution in [3.05, 3.63) is 29.8 Å². The fraction of sp³-hybridized carbons (Fsp3) is 0.556. The van der Waals surface area contributed by atoms with E-state index in [4.69, 9.17) is 4.74 Å². The number of nitrogens with zero attached hydrogens (tertiary/aromatic N) is 2. The maximum atomic E-state index is 12.2. The SMILES string of the molecule is CCN1CCCN(C(=O)NCCNC(=O)c2ccc(OC)cc2)CC1. The monoisotopic (exact) mass is 348 g/mol. The van der Waals surface area contributed by atoms with E-state index in [1.165, 1.54) is 0 Å². The van der Waals surface area contributed by atoms with Crippen molar-refractivity contribution in [2.75, 3.05) is 52.9 Å². The van der Waals surface area contributed by atoms with Gasteiger partial charge in [0.25, 0.3) is 5.91 Å². The van der Waals surface area contributed by atoms with Gasteiger partial charge in [0.1, 0.15) is 5.75 Å². The molecule has 0 spiro atoms. The van der Waals surface area contributed by atoms with Crippen LogP contribution < -0.4 is 15.4 Å². The molecule has 0 radical (unpaired) electrons. The number of urea groups is 1. The Kier molecular flexibility index (Phi) is 7.53. The third-order valence-corrected chi connectivity index (χ3v) is 4.36. The fourth-order valence-electron chi connectivity index (χ4n) is 2.79. The third-order valence-electron chi connectivity index (χ3n) is 4.36. The molecule has 7 nitrogen and oxygen atoms in total. The minimum atomic E-state index is -0.162. The quantitative estimate of drug-likeness (QED) is 0.757. The van der Waals surface area contributed by atoms with E-state index in [0.29, 0.717) is 24.4 Å². The van der Waals surface area contributed by atoms with Crippen molar-refractivity contribution < 1.29 is 14.3 Å². The van der Waals surface area contributed by atoms with Crippen molar-refractivity contribution in [2.45, 2.75) is 13.3 Å². The van der Waals surface area contributed by atoms with Gasteiger partial charge in [-0.25, -0.2) is 4.79 Å². The molecule has 1 fully saturated rings. The number of ether oxygens (including phenoxy) is 1. The second-order valence-corrected chi connectivity index (χ2v) is 5.99. The molecule has 0 aliphatic carbocycles. The maximum Gasteiger partial charge on any atom is 0.317 e. The highest BCUT2D eigenvalue weighted by Crippen LogP contribution is 2.10. The average molecular weight is 348 g/mol. The Morgan fingerprint density at radius 3 is 2.44 bits per heavy atom. The summed E-state index contributed by atoms with van der Waals surface area (Å²) in [6.45, 7) is 7.45. The highest BCUT2D eigenvalue weighted by molar-refractivity contribution is 5.94. The summed E-state index contributed by atoms with van der Waals surface area (Å²) in [5.74, 6) is 0.549. The number of methoxy groups -OCH3 is 1. The lowest BCUT2D eigenvalue weighted by atomic mass is 10.2. The smallest absolute Gasteiger partial charge is 0.317 e. The van der Waals surface area contributed by atoms with Gasteiger partial charge in [0.2, 0.25) is 0 Å². The van der Waals surface area contributed by atoms with Crippen molar-refractivity contribution in [2.24, 2.45) is 0 Å². The Hall–Kier alpha value is -2.28. The Morgan fingerprint density at radius 2 is 1.76 bits per heavy atom. The number of carbonyl (C=O) groups is 2. The summed E-state index contributed by atoms with van der Waals surface area (Å²) in [6.07, 6.45) is 0.996. The zero-order chi connectivity index (χ0) is 18.1. The van der Waals surface area contributed by atoms with Gasteiger partial charge in [-0.1, -0.05) is 6.92 Å². The van der Waals surface area contributed by atoms with E-state index >= 15 is 0 Å². The van der Waals surface area contributed by atoms with Crippen LogP contribution in [0.3, 0.4) is 0 Å². The molecule has 1 aliphatic rings. The summed E-state index contributed by atoms with van der Waals surface area (Å²) >= 11 is 0. The summed E-state index contributed by atoms with van der Waals surface area (Å²) < 4.78 is 5.07. The first-order chi connectivity index (χ1) is 12.1. The molecule has 7 heteroatoms. The molecule has 0 atom stereocenters. The third kappa shape index (κ3) is 5.94. The van der Waals surface area contributed by atoms with E-state index < -0.39 is 0 Å². The zero-order valence-corrected chi connectivity index (χ0v) is 15.1. The summed E-state index contributed by atoms with van der Waals surface area (Å²) in [5, 5.41) is 5.67. The Labute approximate surface area is 149 Å². The van der Waals surface area contributed by atoms with E-state index in [1.807, 2.05) is 4.90 Å². The first-order valence-electron chi connectivity index (χ1n) is 8.81. The van der Waals surface area contributed by atoms with Crippen LogP contribution in [0.1, 0.15) is 23.7 Å². The van der Waals surface area contributed by atoms with Gasteiger partial charge in [0, 0.05) is 38.3 Å². The van der Waals surface area contributed by atoms with Crippen LogP contribution in [-0.4, -0.2) is 74.7 Å². The maximum absolute atomic E-state index is 12.2. The minimum absolute atomic E-state index is 0.0587. The highest BCUT2D eigenvalue weighted by atomic mass is 16.5. The number of amides is 3. The van der Waals surface area contributed by atoms with Gasteiger partial charge >= 0.3 is 6.03 Å². The second-order valence-electron chi connectivity index (χ2n) is 5.99. The molecule has 1 aromatic carbocycles. The molecule has 138 valence electrons. The number of likely N-dealkylation sites (N-methyl/N-ethyl adjacent to an activating group) is 1. The number of carbonyl (C=O) groups excluding carboxylic acids is 2. The fourth-order valence-corrected chi connectivity index (χ4v) is 2.79. The molecule has 0 unspecified atom stereocenters. The lowest BCUT2D eigenvalue weighted by molar-refractivity contribution is 0.0953. The van der Waals surface area contributed by atoms with Gasteiger partial charge in [-0.15, -0.1) is 0 Å². The van der Waals surface area contributed by atoms with Crippen LogP contribution in [0.5, 0.6) is 5.75 Å². The molecule has 2 N–H and O–H groups in total. The van der Waals surface area contributed by atoms with Gasteiger partial charge in [0.05, 0.1) is 7.11 Å². The lowest BCUT2D eigenvalue weighted by Crippen LogP contribution is -2.44. The van der Waals surface area contributed by atoms with E-state index in [9.17, 15) is 9.59 Å². The van der Waals surface area contributed by atoms with Crippen molar-refractivity contribution in [3.63, 3.8) is 0 Å². The van der Waals surface area contributed by atoms with Crippen molar-refractivity contribution in [1.82, 2.24) is 20.4 Å². The summed E-state index contributed by atoms with van der Waals surface area (Å²) in [6, 6.07) is 6.86. The molecule has 0 aromatic heterocycles. The predicted molar refractivity (Wildman–Crippen MR) is 97.0 cm³/mol. The molecule has 1 saturated heterocycles. The summed E-state index contributed by atoms with van der Waals surface area (Å²) in [4.78, 5) is 28.4. The zero-order valence-electron chi connectivity index (χ0n) is 15.1. The van der Waals surface area contributed by atoms with E-state index in [-0.39, 0.29) is 11.9 Å². The molecular weight excluding hydrogens is 320 g/mol. The molecule has 3 amide bonds. The van der Waals surface area contributed by atoms with Crippen LogP contribution in [0.2, 0.25) is 0 Å². The molecule has 25 heavy (non-hydrogen) atoms. The molecular formula is C18H28N4O3. The van der Waals surface area contributed by atoms with Gasteiger partial charge in [-0.2, -0.15) is 0 Å². The van der Waals surface area contributed by atoms with Gasteiger partial charge < -0.3 is 25.2 Å². The van der Waals surface area contributed by atoms with Crippen LogP contribution in [-0.2, 0) is 0 Å². The van der Waals surface area contributed by atoms with E-state index in [0.717, 1.165) is 39.1 Å². The van der Waals surface area contributed by atoms with Crippen LogP contribution in [0.15, 0.2) is 24.3 Å². The molecule has 1 aromatic rings. The van der Waals surface area contributed by atoms with Crippen LogP contribution in [0, 0.1) is 0 Å². The lowest BCUT2D eigenvalue weighted by Gasteiger charge is -2.21. The second kappa shape index (κ2) is 9.88. The standard InChI is InChI=1S/C18H28N4O3/c1-3-21-11-4-12-22(14-13-21)18(24)20-10-9-19-17(23)15-5-7-16(25-2)8-6-15/h5-8H,3-4,9-14H2,1-2H3,(H,19,23)(H,20,24). The molecule has 1 aliphatic heterocycles. The molecule has 0 bridgehead atoms. The largest absolute Gasteiger partial charge is 0.497 e. The van der Waals surface area contributed by atoms with Crippen LogP contribution in [0.4, 0.5) is 4.79 Å². The van der Waals surface area contributed by atoms with E-state index in [2.05, 4.69) is 22.5 Å². The number of hydrogen-bond acceptors (Lipinski definition) is 4. The van der Waals surface area contributed by atoms with Crippen LogP contribution in [0.25, 0.3) is 0 Å². The number of hydrogen-bond donors (Lipinski definition) is 2. The highest BCUT2D eigenvalue weighted by Gasteiger charge is 2.17. The van der Waals surface area contributed by atoms with Crippen molar-refractivity contribution in [3.8, 4) is 5.75 Å². The molecule has 0 saturated carbocycles. The first-order valence-corrected chi connectivity index (χ1v) is 8.81. The van der Waals surface area contributed by atoms with Crippen molar-refractivity contribution in [1.29, 1.82) is 0 Å². The minimum Gasteiger partial charge on any atom is -0.497 e.